The second-order valence-corrected chi connectivity index (χ2v) is 14.7. The SMILES string of the molecule is CC(C)C[C@H]1NC(=O)c2ccccc2OCc2cn(nn2)CCOc2ccc(cc2)CCN(C)C(=O)[C@H](CC(C)C)N(C)C(=O)[C@@H]2CCCN2C1=O. The summed E-state index contributed by atoms with van der Waals surface area (Å²) in [5.41, 5.74) is 1.92. The van der Waals surface area contributed by atoms with Crippen LogP contribution in [0.5, 0.6) is 11.5 Å². The lowest BCUT2D eigenvalue weighted by Crippen LogP contribution is -2.57. The number of amides is 4. The Morgan fingerprint density at radius 2 is 1.58 bits per heavy atom. The average molecular weight is 716 g/mol. The molecule has 280 valence electrons. The van der Waals surface area contributed by atoms with Gasteiger partial charge in [0, 0.05) is 27.2 Å². The summed E-state index contributed by atoms with van der Waals surface area (Å²) in [5.74, 6) is 0.131. The first-order valence-electron chi connectivity index (χ1n) is 18.4. The van der Waals surface area contributed by atoms with Crippen molar-refractivity contribution in [3.05, 3.63) is 71.5 Å². The van der Waals surface area contributed by atoms with Crippen LogP contribution in [0.3, 0.4) is 0 Å². The molecule has 2 aromatic carbocycles. The summed E-state index contributed by atoms with van der Waals surface area (Å²) < 4.78 is 13.7. The third-order valence-electron chi connectivity index (χ3n) is 9.64. The molecule has 1 fully saturated rings. The van der Waals surface area contributed by atoms with E-state index in [4.69, 9.17) is 9.47 Å². The van der Waals surface area contributed by atoms with E-state index in [9.17, 15) is 19.2 Å². The number of fused-ring (bicyclic) bond motifs is 14. The van der Waals surface area contributed by atoms with E-state index in [0.717, 1.165) is 11.3 Å². The monoisotopic (exact) mass is 715 g/mol. The van der Waals surface area contributed by atoms with Gasteiger partial charge in [-0.2, -0.15) is 0 Å². The number of hydrogen-bond donors (Lipinski definition) is 1. The lowest BCUT2D eigenvalue weighted by Gasteiger charge is -2.36. The van der Waals surface area contributed by atoms with Gasteiger partial charge in [0.2, 0.25) is 17.7 Å². The van der Waals surface area contributed by atoms with E-state index in [1.54, 1.807) is 59.0 Å². The van der Waals surface area contributed by atoms with Gasteiger partial charge in [-0.25, -0.2) is 4.68 Å². The van der Waals surface area contributed by atoms with E-state index in [-0.39, 0.29) is 41.7 Å². The molecule has 13 nitrogen and oxygen atoms in total. The summed E-state index contributed by atoms with van der Waals surface area (Å²) >= 11 is 0. The Morgan fingerprint density at radius 3 is 2.31 bits per heavy atom. The van der Waals surface area contributed by atoms with Gasteiger partial charge in [-0.15, -0.1) is 5.10 Å². The molecule has 52 heavy (non-hydrogen) atoms. The Balaban J connectivity index is 1.44. The van der Waals surface area contributed by atoms with Crippen LogP contribution < -0.4 is 14.8 Å². The molecule has 3 atom stereocenters. The van der Waals surface area contributed by atoms with Crippen LogP contribution in [-0.2, 0) is 34.0 Å². The average Bonchev–Trinajstić information content (AvgIpc) is 3.81. The molecule has 0 radical (unpaired) electrons. The van der Waals surface area contributed by atoms with Gasteiger partial charge < -0.3 is 29.5 Å². The molecule has 3 aliphatic rings. The number of likely N-dealkylation sites (N-methyl/N-ethyl adjacent to an activating group) is 2. The van der Waals surface area contributed by atoms with Crippen LogP contribution in [0.1, 0.15) is 75.0 Å². The first-order valence-corrected chi connectivity index (χ1v) is 18.4. The van der Waals surface area contributed by atoms with Crippen molar-refractivity contribution in [2.45, 2.75) is 91.1 Å². The fourth-order valence-electron chi connectivity index (χ4n) is 6.79. The van der Waals surface area contributed by atoms with Gasteiger partial charge in [-0.3, -0.25) is 19.2 Å². The van der Waals surface area contributed by atoms with Crippen molar-refractivity contribution in [1.29, 1.82) is 0 Å². The summed E-state index contributed by atoms with van der Waals surface area (Å²) in [4.78, 5) is 61.0. The molecule has 0 saturated carbocycles. The largest absolute Gasteiger partial charge is 0.492 e. The van der Waals surface area contributed by atoms with Crippen LogP contribution in [-0.4, -0.2) is 105 Å². The Bertz CT molecular complexity index is 1690. The molecule has 1 saturated heterocycles. The van der Waals surface area contributed by atoms with Crippen LogP contribution in [0.4, 0.5) is 0 Å². The minimum absolute atomic E-state index is 0.0826. The quantitative estimate of drug-likeness (QED) is 0.429. The van der Waals surface area contributed by atoms with Crippen molar-refractivity contribution in [2.24, 2.45) is 11.8 Å². The van der Waals surface area contributed by atoms with Crippen LogP contribution >= 0.6 is 0 Å². The lowest BCUT2D eigenvalue weighted by atomic mass is 9.99. The van der Waals surface area contributed by atoms with E-state index >= 15 is 0 Å². The molecule has 13 heteroatoms. The maximum Gasteiger partial charge on any atom is 0.255 e. The van der Waals surface area contributed by atoms with Crippen LogP contribution in [0, 0.1) is 11.8 Å². The molecule has 4 heterocycles. The Labute approximate surface area is 306 Å². The minimum atomic E-state index is -0.864. The highest BCUT2D eigenvalue weighted by Gasteiger charge is 2.41. The summed E-state index contributed by atoms with van der Waals surface area (Å²) in [6.07, 6.45) is 4.41. The number of aromatic nitrogens is 3. The molecular formula is C39H53N7O6. The normalized spacial score (nSPS) is 21.5. The summed E-state index contributed by atoms with van der Waals surface area (Å²) in [6.45, 7) is 9.83. The number of ether oxygens (including phenoxy) is 2. The standard InChI is InChI=1S/C39H53N7O6/c1-26(2)22-32-37(48)46-18-9-11-33(46)39(50)44(6)34(23-27(3)4)38(49)43(5)19-17-28-13-15-30(16-14-28)51-21-20-45-24-29(41-42-45)25-52-35-12-8-7-10-31(35)36(47)40-32/h7-8,10,12-16,24,26-27,32-34H,9,11,17-23,25H2,1-6H3,(H,40,47)/t32-,33+,34+/m1/s1. The molecule has 3 aliphatic heterocycles. The predicted octanol–water partition coefficient (Wildman–Crippen LogP) is 3.96. The highest BCUT2D eigenvalue weighted by atomic mass is 16.5. The molecule has 1 N–H and O–H groups in total. The number of nitrogens with one attached hydrogen (secondary N) is 1. The van der Waals surface area contributed by atoms with Gasteiger partial charge >= 0.3 is 0 Å². The molecular weight excluding hydrogens is 662 g/mol. The van der Waals surface area contributed by atoms with Crippen LogP contribution in [0.25, 0.3) is 0 Å². The Hall–Kier alpha value is -4.94. The summed E-state index contributed by atoms with van der Waals surface area (Å²) in [6, 6.07) is 12.4. The number of carbonyl (C=O) groups is 4. The molecule has 6 rings (SSSR count). The zero-order chi connectivity index (χ0) is 37.4. The van der Waals surface area contributed by atoms with Gasteiger partial charge in [0.05, 0.1) is 18.3 Å². The van der Waals surface area contributed by atoms with Gasteiger partial charge in [0.25, 0.3) is 5.91 Å². The molecule has 0 aliphatic carbocycles. The number of para-hydroxylation sites is 1. The molecule has 0 unspecified atom stereocenters. The van der Waals surface area contributed by atoms with Crippen molar-refractivity contribution in [3.63, 3.8) is 0 Å². The number of hydrogen-bond acceptors (Lipinski definition) is 8. The topological polar surface area (TPSA) is 139 Å². The highest BCUT2D eigenvalue weighted by molar-refractivity contribution is 6.00. The maximum atomic E-state index is 14.3. The van der Waals surface area contributed by atoms with Crippen molar-refractivity contribution < 1.29 is 28.7 Å². The fourth-order valence-corrected chi connectivity index (χ4v) is 6.79. The highest BCUT2D eigenvalue weighted by Crippen LogP contribution is 2.26. The number of nitrogens with zero attached hydrogens (tertiary/aromatic N) is 6. The fraction of sp³-hybridized carbons (Fsp3) is 0.538. The predicted molar refractivity (Wildman–Crippen MR) is 196 cm³/mol. The minimum Gasteiger partial charge on any atom is -0.492 e. The molecule has 4 bridgehead atoms. The van der Waals surface area contributed by atoms with E-state index < -0.39 is 24.0 Å². The smallest absolute Gasteiger partial charge is 0.255 e. The first kappa shape index (κ1) is 38.3. The van der Waals surface area contributed by atoms with Gasteiger partial charge in [-0.05, 0) is 73.8 Å². The summed E-state index contributed by atoms with van der Waals surface area (Å²) in [5, 5.41) is 11.4. The second kappa shape index (κ2) is 17.5. The first-order chi connectivity index (χ1) is 24.9. The van der Waals surface area contributed by atoms with Crippen LogP contribution in [0.15, 0.2) is 54.7 Å². The lowest BCUT2D eigenvalue weighted by molar-refractivity contribution is -0.150. The van der Waals surface area contributed by atoms with Gasteiger partial charge in [0.15, 0.2) is 0 Å². The molecule has 3 aromatic rings. The Morgan fingerprint density at radius 1 is 0.846 bits per heavy atom. The second-order valence-electron chi connectivity index (χ2n) is 14.7. The third kappa shape index (κ3) is 9.68. The van der Waals surface area contributed by atoms with Gasteiger partial charge in [-0.1, -0.05) is 57.2 Å². The zero-order valence-corrected chi connectivity index (χ0v) is 31.3. The Kier molecular flexibility index (Phi) is 12.9. The summed E-state index contributed by atoms with van der Waals surface area (Å²) in [7, 11) is 3.44. The molecule has 4 amide bonds. The van der Waals surface area contributed by atoms with E-state index in [1.807, 2.05) is 52.0 Å². The van der Waals surface area contributed by atoms with Crippen LogP contribution in [0.2, 0.25) is 0 Å². The molecule has 1 aromatic heterocycles. The van der Waals surface area contributed by atoms with E-state index in [1.165, 1.54) is 4.90 Å². The van der Waals surface area contributed by atoms with E-state index in [2.05, 4.69) is 15.6 Å². The van der Waals surface area contributed by atoms with Gasteiger partial charge in [0.1, 0.15) is 48.5 Å². The number of carbonyl (C=O) groups excluding carboxylic acids is 4. The molecule has 0 spiro atoms. The third-order valence-corrected chi connectivity index (χ3v) is 9.64. The van der Waals surface area contributed by atoms with Crippen molar-refractivity contribution in [3.8, 4) is 11.5 Å². The number of rotatable bonds is 4. The maximum absolute atomic E-state index is 14.3. The van der Waals surface area contributed by atoms with Crippen molar-refractivity contribution >= 4 is 23.6 Å². The van der Waals surface area contributed by atoms with Crippen molar-refractivity contribution in [2.75, 3.05) is 33.8 Å². The number of benzene rings is 2. The van der Waals surface area contributed by atoms with Crippen molar-refractivity contribution in [1.82, 2.24) is 35.0 Å². The zero-order valence-electron chi connectivity index (χ0n) is 31.3. The van der Waals surface area contributed by atoms with E-state index in [0.29, 0.717) is 69.8 Å².